The number of nitrogens with zero attached hydrogens (tertiary/aromatic N) is 2. The average Bonchev–Trinajstić information content (AvgIpc) is 3.01. The van der Waals surface area contributed by atoms with Gasteiger partial charge in [-0.1, -0.05) is 41.1 Å². The highest BCUT2D eigenvalue weighted by atomic mass is 79.9. The number of benzene rings is 1. The molecule has 5 heteroatoms. The molecular formula is C20H25BrN2O2. The molecule has 4 saturated heterocycles. The van der Waals surface area contributed by atoms with Gasteiger partial charge in [0, 0.05) is 46.9 Å². The minimum Gasteiger partial charge on any atom is -0.392 e. The third kappa shape index (κ3) is 1.40. The molecule has 0 aromatic heterocycles. The van der Waals surface area contributed by atoms with Crippen LogP contribution in [0.5, 0.6) is 0 Å². The molecule has 1 aromatic carbocycles. The Morgan fingerprint density at radius 2 is 2.00 bits per heavy atom. The van der Waals surface area contributed by atoms with E-state index in [1.807, 2.05) is 0 Å². The minimum absolute atomic E-state index is 0.176. The van der Waals surface area contributed by atoms with Crippen LogP contribution in [0.4, 0.5) is 5.69 Å². The first-order valence-electron chi connectivity index (χ1n) is 9.64. The van der Waals surface area contributed by atoms with Crippen LogP contribution >= 0.6 is 15.9 Å². The van der Waals surface area contributed by atoms with Gasteiger partial charge in [0.1, 0.15) is 6.23 Å². The van der Waals surface area contributed by atoms with Crippen molar-refractivity contribution in [3.05, 3.63) is 29.8 Å². The topological polar surface area (TPSA) is 46.9 Å². The molecule has 4 nitrogen and oxygen atoms in total. The minimum atomic E-state index is -0.365. The second-order valence-electron chi connectivity index (χ2n) is 8.85. The van der Waals surface area contributed by atoms with E-state index in [0.29, 0.717) is 16.8 Å². The second-order valence-corrected chi connectivity index (χ2v) is 9.91. The molecule has 5 fully saturated rings. The third-order valence-electron chi connectivity index (χ3n) is 8.46. The summed E-state index contributed by atoms with van der Waals surface area (Å²) >= 11 is 4.05. The van der Waals surface area contributed by atoms with Crippen LogP contribution in [0.1, 0.15) is 25.3 Å². The van der Waals surface area contributed by atoms with Gasteiger partial charge in [-0.15, -0.1) is 0 Å². The summed E-state index contributed by atoms with van der Waals surface area (Å²) in [6, 6.07) is 9.43. The summed E-state index contributed by atoms with van der Waals surface area (Å²) < 4.78 is 0. The molecular weight excluding hydrogens is 380 g/mol. The predicted octanol–water partition coefficient (Wildman–Crippen LogP) is 1.93. The molecule has 1 aromatic rings. The molecule has 0 amide bonds. The summed E-state index contributed by atoms with van der Waals surface area (Å²) in [5.74, 6) is 0.880. The lowest BCUT2D eigenvalue weighted by Crippen LogP contribution is -2.76. The van der Waals surface area contributed by atoms with E-state index in [0.717, 1.165) is 12.8 Å². The highest BCUT2D eigenvalue weighted by molar-refractivity contribution is 9.09. The highest BCUT2D eigenvalue weighted by Crippen LogP contribution is 2.69. The van der Waals surface area contributed by atoms with E-state index in [1.165, 1.54) is 11.3 Å². The van der Waals surface area contributed by atoms with Crippen molar-refractivity contribution in [2.45, 2.75) is 60.5 Å². The molecule has 11 atom stereocenters. The molecule has 6 aliphatic rings. The molecule has 1 aliphatic carbocycles. The molecule has 5 bridgehead atoms. The maximum absolute atomic E-state index is 11.7. The monoisotopic (exact) mass is 404 g/mol. The van der Waals surface area contributed by atoms with Crippen LogP contribution in [0.3, 0.4) is 0 Å². The number of piperidine rings is 4. The molecule has 5 heterocycles. The Labute approximate surface area is 156 Å². The van der Waals surface area contributed by atoms with Gasteiger partial charge in [0.25, 0.3) is 0 Å². The third-order valence-corrected chi connectivity index (χ3v) is 9.61. The summed E-state index contributed by atoms with van der Waals surface area (Å²) in [6.45, 7) is 2.18. The second kappa shape index (κ2) is 4.61. The quantitative estimate of drug-likeness (QED) is 0.702. The average molecular weight is 405 g/mol. The number of hydrogen-bond acceptors (Lipinski definition) is 4. The van der Waals surface area contributed by atoms with Gasteiger partial charge < -0.3 is 15.1 Å². The maximum Gasteiger partial charge on any atom is 0.111 e. The number of alkyl halides is 1. The number of hydrogen-bond donors (Lipinski definition) is 2. The van der Waals surface area contributed by atoms with E-state index in [4.69, 9.17) is 0 Å². The Bertz CT molecular complexity index is 759. The Balaban J connectivity index is 1.62. The summed E-state index contributed by atoms with van der Waals surface area (Å²) in [7, 11) is 2.18. The summed E-state index contributed by atoms with van der Waals surface area (Å²) in [4.78, 5) is 5.12. The number of fused-ring (bicyclic) bond motifs is 2. The van der Waals surface area contributed by atoms with E-state index in [9.17, 15) is 10.2 Å². The van der Waals surface area contributed by atoms with E-state index in [2.05, 4.69) is 64.0 Å². The smallest absolute Gasteiger partial charge is 0.111 e. The number of halogens is 1. The Morgan fingerprint density at radius 1 is 1.24 bits per heavy atom. The summed E-state index contributed by atoms with van der Waals surface area (Å²) in [5.41, 5.74) is 2.42. The fourth-order valence-corrected chi connectivity index (χ4v) is 9.12. The van der Waals surface area contributed by atoms with Crippen LogP contribution in [0.2, 0.25) is 0 Å². The van der Waals surface area contributed by atoms with Crippen LogP contribution in [-0.2, 0) is 5.41 Å². The SMILES string of the molecule is CC[C@H]1[C@H]2C(Br)[C@@H]3[C@@H]4N(C)c5ccccc5[C@]45C[C@@H](C2[C@@H]5O)N3[C@@H]1O. The molecule has 5 aliphatic heterocycles. The number of aliphatic hydroxyl groups is 2. The van der Waals surface area contributed by atoms with Crippen LogP contribution in [0.15, 0.2) is 24.3 Å². The molecule has 0 radical (unpaired) electrons. The van der Waals surface area contributed by atoms with Gasteiger partial charge in [0.2, 0.25) is 0 Å². The van der Waals surface area contributed by atoms with Gasteiger partial charge in [-0.2, -0.15) is 0 Å². The van der Waals surface area contributed by atoms with Crippen molar-refractivity contribution in [2.24, 2.45) is 17.8 Å². The van der Waals surface area contributed by atoms with Gasteiger partial charge in [-0.3, -0.25) is 4.90 Å². The molecule has 3 unspecified atom stereocenters. The van der Waals surface area contributed by atoms with Crippen molar-refractivity contribution in [2.75, 3.05) is 11.9 Å². The largest absolute Gasteiger partial charge is 0.392 e. The molecule has 2 N–H and O–H groups in total. The lowest BCUT2D eigenvalue weighted by atomic mass is 9.62. The number of likely N-dealkylation sites (N-methyl/N-ethyl adjacent to an activating group) is 1. The lowest BCUT2D eigenvalue weighted by Gasteiger charge is -2.64. The van der Waals surface area contributed by atoms with Crippen molar-refractivity contribution < 1.29 is 10.2 Å². The van der Waals surface area contributed by atoms with Gasteiger partial charge in [0.05, 0.1) is 12.1 Å². The van der Waals surface area contributed by atoms with Crippen molar-refractivity contribution in [1.29, 1.82) is 0 Å². The zero-order valence-corrected chi connectivity index (χ0v) is 16.2. The van der Waals surface area contributed by atoms with Crippen LogP contribution in [0, 0.1) is 17.8 Å². The Morgan fingerprint density at radius 3 is 2.76 bits per heavy atom. The van der Waals surface area contributed by atoms with Crippen molar-refractivity contribution >= 4 is 21.6 Å². The normalized spacial score (nSPS) is 57.1. The van der Waals surface area contributed by atoms with Crippen molar-refractivity contribution in [1.82, 2.24) is 4.90 Å². The number of para-hydroxylation sites is 1. The first-order chi connectivity index (χ1) is 12.0. The lowest BCUT2D eigenvalue weighted by molar-refractivity contribution is -0.206. The van der Waals surface area contributed by atoms with Crippen molar-refractivity contribution in [3.63, 3.8) is 0 Å². The van der Waals surface area contributed by atoms with Gasteiger partial charge in [-0.05, 0) is 30.4 Å². The van der Waals surface area contributed by atoms with Crippen LogP contribution in [0.25, 0.3) is 0 Å². The van der Waals surface area contributed by atoms with Crippen molar-refractivity contribution in [3.8, 4) is 0 Å². The maximum atomic E-state index is 11.7. The van der Waals surface area contributed by atoms with Gasteiger partial charge in [-0.25, -0.2) is 0 Å². The fraction of sp³-hybridized carbons (Fsp3) is 0.700. The fourth-order valence-electron chi connectivity index (χ4n) is 7.82. The van der Waals surface area contributed by atoms with Gasteiger partial charge >= 0.3 is 0 Å². The van der Waals surface area contributed by atoms with E-state index in [1.54, 1.807) is 0 Å². The van der Waals surface area contributed by atoms with E-state index >= 15 is 0 Å². The first-order valence-corrected chi connectivity index (χ1v) is 10.6. The number of anilines is 1. The van der Waals surface area contributed by atoms with E-state index in [-0.39, 0.29) is 41.7 Å². The molecule has 1 spiro atoms. The summed E-state index contributed by atoms with van der Waals surface area (Å²) in [5, 5.41) is 22.8. The molecule has 7 rings (SSSR count). The van der Waals surface area contributed by atoms with Gasteiger partial charge in [0.15, 0.2) is 0 Å². The van der Waals surface area contributed by atoms with Crippen LogP contribution in [-0.4, -0.2) is 57.4 Å². The Hall–Kier alpha value is -0.620. The standard InChI is InChI=1S/C20H25BrN2O2/c1-3-9-13-14-12-8-20(18(14)24)10-6-4-5-7-11(10)22(2)17(20)16(15(13)21)23(12)19(9)25/h4-7,9,12-19,24-25H,3,8H2,1-2H3/t9-,12-,13+,14?,15?,16+,17-,18-,19+,20+/m0/s1. The zero-order valence-electron chi connectivity index (χ0n) is 14.6. The zero-order chi connectivity index (χ0) is 17.2. The molecule has 25 heavy (non-hydrogen) atoms. The predicted molar refractivity (Wildman–Crippen MR) is 99.8 cm³/mol. The first kappa shape index (κ1) is 15.4. The van der Waals surface area contributed by atoms with Crippen LogP contribution < -0.4 is 4.90 Å². The molecule has 1 saturated carbocycles. The number of aliphatic hydroxyl groups excluding tert-OH is 2. The molecule has 134 valence electrons. The Kier molecular flexibility index (Phi) is 2.85. The summed E-state index contributed by atoms with van der Waals surface area (Å²) in [6.07, 6.45) is 1.26. The highest BCUT2D eigenvalue weighted by Gasteiger charge is 2.78. The van der Waals surface area contributed by atoms with E-state index < -0.39 is 0 Å². The number of rotatable bonds is 1.